The predicted octanol–water partition coefficient (Wildman–Crippen LogP) is 2.76. The molecule has 0 bridgehead atoms. The van der Waals surface area contributed by atoms with Crippen LogP contribution < -0.4 is 5.32 Å². The summed E-state index contributed by atoms with van der Waals surface area (Å²) in [6.45, 7) is 6.24. The monoisotopic (exact) mass is 257 g/mol. The number of rotatable bonds is 6. The van der Waals surface area contributed by atoms with Crippen LogP contribution in [-0.2, 0) is 20.0 Å². The molecule has 1 N–H and O–H groups in total. The Kier molecular flexibility index (Phi) is 4.74. The Morgan fingerprint density at radius 1 is 1.16 bits per heavy atom. The average Bonchev–Trinajstić information content (AvgIpc) is 2.65. The first-order chi connectivity index (χ1) is 9.18. The molecule has 19 heavy (non-hydrogen) atoms. The molecule has 1 aromatic heterocycles. The fraction of sp³-hybridized carbons (Fsp3) is 0.438. The minimum absolute atomic E-state index is 0.950. The second kappa shape index (κ2) is 6.53. The smallest absolute Gasteiger partial charge is 0.0628 e. The van der Waals surface area contributed by atoms with Crippen molar-refractivity contribution in [3.05, 3.63) is 52.8 Å². The highest BCUT2D eigenvalue weighted by molar-refractivity contribution is 5.24. The molecule has 0 aliphatic heterocycles. The third-order valence-corrected chi connectivity index (χ3v) is 3.61. The minimum atomic E-state index is 0.950. The van der Waals surface area contributed by atoms with Gasteiger partial charge in [0.15, 0.2) is 0 Å². The molecule has 1 aromatic carbocycles. The minimum Gasteiger partial charge on any atom is -0.313 e. The van der Waals surface area contributed by atoms with Gasteiger partial charge in [0.1, 0.15) is 0 Å². The van der Waals surface area contributed by atoms with Gasteiger partial charge in [-0.1, -0.05) is 30.3 Å². The summed E-state index contributed by atoms with van der Waals surface area (Å²) in [5, 5.41) is 7.94. The van der Waals surface area contributed by atoms with E-state index in [4.69, 9.17) is 0 Å². The standard InChI is InChI=1S/C16H23N3/c1-13-16(14(2)19(3)18-13)10-7-11-17-12-15-8-5-4-6-9-15/h4-6,8-9,17H,7,10-12H2,1-3H3. The normalized spacial score (nSPS) is 10.9. The molecule has 0 saturated heterocycles. The molecule has 0 aliphatic rings. The molecule has 2 aromatic rings. The van der Waals surface area contributed by atoms with E-state index in [1.165, 1.54) is 22.5 Å². The lowest BCUT2D eigenvalue weighted by Crippen LogP contribution is -2.15. The van der Waals surface area contributed by atoms with Crippen LogP contribution in [0.4, 0.5) is 0 Å². The number of hydrogen-bond acceptors (Lipinski definition) is 2. The van der Waals surface area contributed by atoms with Crippen LogP contribution in [0.15, 0.2) is 30.3 Å². The number of aryl methyl sites for hydroxylation is 2. The number of benzene rings is 1. The molecule has 0 aliphatic carbocycles. The molecule has 2 rings (SSSR count). The molecule has 3 nitrogen and oxygen atoms in total. The molecule has 0 saturated carbocycles. The van der Waals surface area contributed by atoms with E-state index in [9.17, 15) is 0 Å². The molecule has 0 fully saturated rings. The lowest BCUT2D eigenvalue weighted by Gasteiger charge is -2.05. The average molecular weight is 257 g/mol. The molecular weight excluding hydrogens is 234 g/mol. The maximum Gasteiger partial charge on any atom is 0.0628 e. The predicted molar refractivity (Wildman–Crippen MR) is 79.2 cm³/mol. The summed E-state index contributed by atoms with van der Waals surface area (Å²) in [7, 11) is 2.01. The highest BCUT2D eigenvalue weighted by Crippen LogP contribution is 2.13. The van der Waals surface area contributed by atoms with E-state index in [1.807, 2.05) is 11.7 Å². The highest BCUT2D eigenvalue weighted by atomic mass is 15.3. The summed E-state index contributed by atoms with van der Waals surface area (Å²) < 4.78 is 1.97. The third-order valence-electron chi connectivity index (χ3n) is 3.61. The van der Waals surface area contributed by atoms with E-state index >= 15 is 0 Å². The summed E-state index contributed by atoms with van der Waals surface area (Å²) in [4.78, 5) is 0. The van der Waals surface area contributed by atoms with Crippen molar-refractivity contribution in [3.8, 4) is 0 Å². The summed E-state index contributed by atoms with van der Waals surface area (Å²) in [5.41, 5.74) is 5.21. The Balaban J connectivity index is 1.72. The zero-order valence-electron chi connectivity index (χ0n) is 12.1. The van der Waals surface area contributed by atoms with Crippen molar-refractivity contribution in [2.75, 3.05) is 6.54 Å². The van der Waals surface area contributed by atoms with E-state index < -0.39 is 0 Å². The van der Waals surface area contributed by atoms with Crippen LogP contribution in [0.1, 0.15) is 28.9 Å². The van der Waals surface area contributed by atoms with E-state index in [0.29, 0.717) is 0 Å². The molecular formula is C16H23N3. The summed E-state index contributed by atoms with van der Waals surface area (Å²) in [6.07, 6.45) is 2.26. The van der Waals surface area contributed by atoms with Crippen molar-refractivity contribution in [2.45, 2.75) is 33.2 Å². The molecule has 0 spiro atoms. The Morgan fingerprint density at radius 3 is 2.53 bits per heavy atom. The molecule has 3 heteroatoms. The van der Waals surface area contributed by atoms with Gasteiger partial charge < -0.3 is 5.32 Å². The number of nitrogens with zero attached hydrogens (tertiary/aromatic N) is 2. The largest absolute Gasteiger partial charge is 0.313 e. The maximum atomic E-state index is 4.45. The van der Waals surface area contributed by atoms with Gasteiger partial charge in [-0.25, -0.2) is 0 Å². The molecule has 102 valence electrons. The highest BCUT2D eigenvalue weighted by Gasteiger charge is 2.08. The zero-order valence-corrected chi connectivity index (χ0v) is 12.1. The molecule has 0 unspecified atom stereocenters. The summed E-state index contributed by atoms with van der Waals surface area (Å²) in [5.74, 6) is 0. The van der Waals surface area contributed by atoms with E-state index in [0.717, 1.165) is 25.9 Å². The lowest BCUT2D eigenvalue weighted by atomic mass is 10.1. The van der Waals surface area contributed by atoms with Crippen LogP contribution in [0.25, 0.3) is 0 Å². The quantitative estimate of drug-likeness (QED) is 0.806. The van der Waals surface area contributed by atoms with Gasteiger partial charge in [0.25, 0.3) is 0 Å². The van der Waals surface area contributed by atoms with E-state index in [-0.39, 0.29) is 0 Å². The van der Waals surface area contributed by atoms with Crippen LogP contribution in [0.3, 0.4) is 0 Å². The van der Waals surface area contributed by atoms with Gasteiger partial charge in [-0.3, -0.25) is 4.68 Å². The SMILES string of the molecule is Cc1nn(C)c(C)c1CCCNCc1ccccc1. The first-order valence-corrected chi connectivity index (χ1v) is 6.92. The molecule has 0 atom stereocenters. The van der Waals surface area contributed by atoms with Gasteiger partial charge in [0.2, 0.25) is 0 Å². The third kappa shape index (κ3) is 3.67. The number of hydrogen-bond donors (Lipinski definition) is 1. The number of aromatic nitrogens is 2. The first kappa shape index (κ1) is 13.8. The van der Waals surface area contributed by atoms with Crippen molar-refractivity contribution in [1.29, 1.82) is 0 Å². The van der Waals surface area contributed by atoms with Crippen LogP contribution in [-0.4, -0.2) is 16.3 Å². The van der Waals surface area contributed by atoms with E-state index in [2.05, 4.69) is 54.6 Å². The van der Waals surface area contributed by atoms with Crippen LogP contribution in [0.2, 0.25) is 0 Å². The van der Waals surface area contributed by atoms with Crippen LogP contribution in [0, 0.1) is 13.8 Å². The Hall–Kier alpha value is -1.61. The second-order valence-electron chi connectivity index (χ2n) is 5.04. The molecule has 0 radical (unpaired) electrons. The maximum absolute atomic E-state index is 4.45. The van der Waals surface area contributed by atoms with Gasteiger partial charge in [-0.05, 0) is 44.4 Å². The number of nitrogens with one attached hydrogen (secondary N) is 1. The van der Waals surface area contributed by atoms with Gasteiger partial charge in [-0.15, -0.1) is 0 Å². The Bertz CT molecular complexity index is 514. The van der Waals surface area contributed by atoms with Crippen molar-refractivity contribution >= 4 is 0 Å². The summed E-state index contributed by atoms with van der Waals surface area (Å²) in [6, 6.07) is 10.5. The van der Waals surface area contributed by atoms with Crippen molar-refractivity contribution in [1.82, 2.24) is 15.1 Å². The fourth-order valence-electron chi connectivity index (χ4n) is 2.40. The van der Waals surface area contributed by atoms with Crippen LogP contribution in [0.5, 0.6) is 0 Å². The van der Waals surface area contributed by atoms with Gasteiger partial charge in [0, 0.05) is 19.3 Å². The van der Waals surface area contributed by atoms with Crippen molar-refractivity contribution in [3.63, 3.8) is 0 Å². The van der Waals surface area contributed by atoms with Gasteiger partial charge >= 0.3 is 0 Å². The molecule has 0 amide bonds. The molecule has 1 heterocycles. The van der Waals surface area contributed by atoms with Crippen molar-refractivity contribution < 1.29 is 0 Å². The van der Waals surface area contributed by atoms with Crippen molar-refractivity contribution in [2.24, 2.45) is 7.05 Å². The topological polar surface area (TPSA) is 29.9 Å². The lowest BCUT2D eigenvalue weighted by molar-refractivity contribution is 0.647. The Morgan fingerprint density at radius 2 is 1.89 bits per heavy atom. The zero-order chi connectivity index (χ0) is 13.7. The second-order valence-corrected chi connectivity index (χ2v) is 5.04. The fourth-order valence-corrected chi connectivity index (χ4v) is 2.40. The van der Waals surface area contributed by atoms with Crippen LogP contribution >= 0.6 is 0 Å². The Labute approximate surface area is 115 Å². The van der Waals surface area contributed by atoms with E-state index in [1.54, 1.807) is 0 Å². The van der Waals surface area contributed by atoms with Gasteiger partial charge in [-0.2, -0.15) is 5.10 Å². The first-order valence-electron chi connectivity index (χ1n) is 6.92. The summed E-state index contributed by atoms with van der Waals surface area (Å²) >= 11 is 0. The van der Waals surface area contributed by atoms with Gasteiger partial charge in [0.05, 0.1) is 5.69 Å².